The number of ether oxygens (including phenoxy) is 2. The number of aromatic nitrogens is 2. The Morgan fingerprint density at radius 2 is 1.96 bits per heavy atom. The summed E-state index contributed by atoms with van der Waals surface area (Å²) in [5.74, 6) is -0.777. The lowest BCUT2D eigenvalue weighted by atomic mass is 10.1. The molecule has 0 spiro atoms. The zero-order valence-electron chi connectivity index (χ0n) is 14.0. The molecular weight excluding hydrogens is 338 g/mol. The van der Waals surface area contributed by atoms with E-state index in [1.807, 2.05) is 0 Å². The molecule has 0 aliphatic heterocycles. The van der Waals surface area contributed by atoms with Crippen LogP contribution in [-0.2, 0) is 4.74 Å². The van der Waals surface area contributed by atoms with E-state index < -0.39 is 17.4 Å². The molecule has 1 amide bonds. The molecule has 0 saturated carbocycles. The minimum atomic E-state index is -0.606. The van der Waals surface area contributed by atoms with Crippen molar-refractivity contribution in [1.29, 1.82) is 0 Å². The molecule has 0 bridgehead atoms. The fraction of sp³-hybridized carbons (Fsp3) is 0.111. The second kappa shape index (κ2) is 7.06. The highest BCUT2D eigenvalue weighted by Crippen LogP contribution is 2.17. The number of aromatic amines is 1. The Balaban J connectivity index is 1.91. The molecule has 2 heterocycles. The van der Waals surface area contributed by atoms with E-state index >= 15 is 0 Å². The summed E-state index contributed by atoms with van der Waals surface area (Å²) in [5.41, 5.74) is 0.533. The van der Waals surface area contributed by atoms with Crippen molar-refractivity contribution in [3.8, 4) is 5.88 Å². The first kappa shape index (κ1) is 17.2. The molecule has 3 rings (SSSR count). The van der Waals surface area contributed by atoms with E-state index in [0.717, 1.165) is 0 Å². The topological polar surface area (TPSA) is 110 Å². The van der Waals surface area contributed by atoms with E-state index in [1.165, 1.54) is 32.5 Å². The summed E-state index contributed by atoms with van der Waals surface area (Å²) in [6.07, 6.45) is 1.50. The largest absolute Gasteiger partial charge is 0.481 e. The van der Waals surface area contributed by atoms with E-state index in [2.05, 4.69) is 20.0 Å². The van der Waals surface area contributed by atoms with Crippen LogP contribution >= 0.6 is 0 Å². The number of methoxy groups -OCH3 is 2. The van der Waals surface area contributed by atoms with Crippen LogP contribution in [0.15, 0.2) is 47.4 Å². The molecule has 8 nitrogen and oxygen atoms in total. The summed E-state index contributed by atoms with van der Waals surface area (Å²) in [7, 11) is 2.74. The zero-order valence-corrected chi connectivity index (χ0v) is 14.0. The third kappa shape index (κ3) is 3.39. The van der Waals surface area contributed by atoms with Gasteiger partial charge in [-0.05, 0) is 24.3 Å². The molecule has 0 fully saturated rings. The van der Waals surface area contributed by atoms with Gasteiger partial charge in [0, 0.05) is 23.3 Å². The predicted octanol–water partition coefficient (Wildman–Crippen LogP) is 1.97. The number of nitrogens with zero attached hydrogens (tertiary/aromatic N) is 1. The van der Waals surface area contributed by atoms with Gasteiger partial charge in [0.2, 0.25) is 5.88 Å². The number of pyridine rings is 2. The van der Waals surface area contributed by atoms with Crippen LogP contribution < -0.4 is 15.6 Å². The smallest absolute Gasteiger partial charge is 0.337 e. The minimum absolute atomic E-state index is 0.0760. The first-order chi connectivity index (χ1) is 12.5. The van der Waals surface area contributed by atoms with Gasteiger partial charge in [-0.3, -0.25) is 9.59 Å². The van der Waals surface area contributed by atoms with E-state index in [4.69, 9.17) is 4.74 Å². The van der Waals surface area contributed by atoms with Crippen molar-refractivity contribution >= 4 is 28.5 Å². The SMILES string of the molecule is COC(=O)c1cccc(NC(=O)c2cc3cnc(OC)cc3[nH]c2=O)c1. The van der Waals surface area contributed by atoms with Crippen LogP contribution in [0, 0.1) is 0 Å². The van der Waals surface area contributed by atoms with Crippen LogP contribution in [0.2, 0.25) is 0 Å². The highest BCUT2D eigenvalue weighted by Gasteiger charge is 2.14. The minimum Gasteiger partial charge on any atom is -0.481 e. The Bertz CT molecular complexity index is 1060. The normalized spacial score (nSPS) is 10.4. The molecule has 1 aromatic carbocycles. The molecule has 0 radical (unpaired) electrons. The lowest BCUT2D eigenvalue weighted by Crippen LogP contribution is -2.23. The Morgan fingerprint density at radius 1 is 1.15 bits per heavy atom. The first-order valence-electron chi connectivity index (χ1n) is 7.58. The number of esters is 1. The summed E-state index contributed by atoms with van der Waals surface area (Å²) >= 11 is 0. The Labute approximate surface area is 147 Å². The third-order valence-corrected chi connectivity index (χ3v) is 3.70. The maximum Gasteiger partial charge on any atom is 0.337 e. The maximum absolute atomic E-state index is 12.5. The summed E-state index contributed by atoms with van der Waals surface area (Å²) < 4.78 is 9.65. The van der Waals surface area contributed by atoms with Gasteiger partial charge >= 0.3 is 5.97 Å². The molecule has 0 unspecified atom stereocenters. The van der Waals surface area contributed by atoms with Crippen LogP contribution in [0.1, 0.15) is 20.7 Å². The van der Waals surface area contributed by atoms with Crippen molar-refractivity contribution in [3.05, 3.63) is 64.1 Å². The average Bonchev–Trinajstić information content (AvgIpc) is 2.66. The van der Waals surface area contributed by atoms with Gasteiger partial charge in [-0.2, -0.15) is 0 Å². The summed E-state index contributed by atoms with van der Waals surface area (Å²) in [5, 5.41) is 3.18. The Morgan fingerprint density at radius 3 is 2.69 bits per heavy atom. The third-order valence-electron chi connectivity index (χ3n) is 3.70. The van der Waals surface area contributed by atoms with Gasteiger partial charge in [0.15, 0.2) is 0 Å². The molecule has 26 heavy (non-hydrogen) atoms. The van der Waals surface area contributed by atoms with Crippen molar-refractivity contribution in [1.82, 2.24) is 9.97 Å². The monoisotopic (exact) mass is 353 g/mol. The van der Waals surface area contributed by atoms with Gasteiger partial charge in [0.1, 0.15) is 5.56 Å². The molecule has 2 aromatic heterocycles. The quantitative estimate of drug-likeness (QED) is 0.694. The number of fused-ring (bicyclic) bond motifs is 1. The zero-order chi connectivity index (χ0) is 18.7. The van der Waals surface area contributed by atoms with Crippen LogP contribution in [0.3, 0.4) is 0 Å². The molecule has 132 valence electrons. The lowest BCUT2D eigenvalue weighted by molar-refractivity contribution is 0.0600. The number of H-pyrrole nitrogens is 1. The number of amides is 1. The average molecular weight is 353 g/mol. The van der Waals surface area contributed by atoms with Crippen molar-refractivity contribution in [2.24, 2.45) is 0 Å². The van der Waals surface area contributed by atoms with E-state index in [9.17, 15) is 14.4 Å². The van der Waals surface area contributed by atoms with Crippen LogP contribution in [0.25, 0.3) is 10.9 Å². The van der Waals surface area contributed by atoms with E-state index in [0.29, 0.717) is 22.5 Å². The number of benzene rings is 1. The Hall–Kier alpha value is -3.68. The molecule has 3 aromatic rings. The van der Waals surface area contributed by atoms with Gasteiger partial charge in [-0.25, -0.2) is 9.78 Å². The van der Waals surface area contributed by atoms with Crippen LogP contribution in [0.5, 0.6) is 5.88 Å². The first-order valence-corrected chi connectivity index (χ1v) is 7.58. The van der Waals surface area contributed by atoms with Crippen molar-refractivity contribution < 1.29 is 19.1 Å². The van der Waals surface area contributed by atoms with E-state index in [-0.39, 0.29) is 11.1 Å². The van der Waals surface area contributed by atoms with Crippen molar-refractivity contribution in [2.75, 3.05) is 19.5 Å². The maximum atomic E-state index is 12.5. The summed E-state index contributed by atoms with van der Waals surface area (Å²) in [6, 6.07) is 9.24. The number of rotatable bonds is 4. The number of hydrogen-bond acceptors (Lipinski definition) is 6. The fourth-order valence-electron chi connectivity index (χ4n) is 2.40. The molecule has 0 saturated heterocycles. The molecule has 2 N–H and O–H groups in total. The predicted molar refractivity (Wildman–Crippen MR) is 94.7 cm³/mol. The van der Waals surface area contributed by atoms with Gasteiger partial charge in [0.05, 0.1) is 25.3 Å². The molecule has 0 aliphatic carbocycles. The summed E-state index contributed by atoms with van der Waals surface area (Å²) in [4.78, 5) is 42.9. The number of hydrogen-bond donors (Lipinski definition) is 2. The fourth-order valence-corrected chi connectivity index (χ4v) is 2.40. The molecule has 8 heteroatoms. The van der Waals surface area contributed by atoms with Crippen LogP contribution in [0.4, 0.5) is 5.69 Å². The molecule has 0 aliphatic rings. The van der Waals surface area contributed by atoms with Crippen molar-refractivity contribution in [2.45, 2.75) is 0 Å². The Kier molecular flexibility index (Phi) is 4.66. The lowest BCUT2D eigenvalue weighted by Gasteiger charge is -2.07. The number of carbonyl (C=O) groups excluding carboxylic acids is 2. The van der Waals surface area contributed by atoms with Gasteiger partial charge in [-0.1, -0.05) is 6.07 Å². The van der Waals surface area contributed by atoms with Crippen molar-refractivity contribution in [3.63, 3.8) is 0 Å². The number of carbonyl (C=O) groups is 2. The highest BCUT2D eigenvalue weighted by molar-refractivity contribution is 6.06. The standard InChI is InChI=1S/C18H15N3O5/c1-25-15-8-14-11(9-19-15)7-13(17(23)21-14)16(22)20-12-5-3-4-10(6-12)18(24)26-2/h3-9H,1-2H3,(H,20,22)(H,21,23). The van der Waals surface area contributed by atoms with Gasteiger partial charge < -0.3 is 19.8 Å². The van der Waals surface area contributed by atoms with Crippen LogP contribution in [-0.4, -0.2) is 36.1 Å². The van der Waals surface area contributed by atoms with Gasteiger partial charge in [0.25, 0.3) is 11.5 Å². The van der Waals surface area contributed by atoms with Gasteiger partial charge in [-0.15, -0.1) is 0 Å². The highest BCUT2D eigenvalue weighted by atomic mass is 16.5. The second-order valence-corrected chi connectivity index (χ2v) is 5.35. The summed E-state index contributed by atoms with van der Waals surface area (Å²) in [6.45, 7) is 0. The second-order valence-electron chi connectivity index (χ2n) is 5.35. The van der Waals surface area contributed by atoms with E-state index in [1.54, 1.807) is 24.3 Å². The number of anilines is 1. The molecular formula is C18H15N3O5. The molecule has 0 atom stereocenters. The number of nitrogens with one attached hydrogen (secondary N) is 2.